The highest BCUT2D eigenvalue weighted by Crippen LogP contribution is 2.29. The van der Waals surface area contributed by atoms with Gasteiger partial charge in [0, 0.05) is 6.04 Å². The lowest BCUT2D eigenvalue weighted by molar-refractivity contribution is 0.467. The first kappa shape index (κ1) is 11.2. The second-order valence-corrected chi connectivity index (χ2v) is 4.94. The molecule has 1 N–H and O–H groups in total. The van der Waals surface area contributed by atoms with Crippen LogP contribution in [0.1, 0.15) is 30.9 Å². The van der Waals surface area contributed by atoms with Crippen molar-refractivity contribution in [2.45, 2.75) is 25.3 Å². The Morgan fingerprint density at radius 1 is 1.39 bits per heavy atom. The van der Waals surface area contributed by atoms with Crippen molar-refractivity contribution in [1.29, 1.82) is 5.26 Å². The van der Waals surface area contributed by atoms with Gasteiger partial charge >= 0.3 is 0 Å². The Hall–Kier alpha value is -1.86. The zero-order valence-electron chi connectivity index (χ0n) is 9.89. The number of nitrogens with one attached hydrogen (secondary N) is 1. The third-order valence-electron chi connectivity index (χ3n) is 3.48. The molecule has 1 aromatic carbocycles. The number of rotatable bonds is 1. The number of nitrogens with zero attached hydrogens (tertiary/aromatic N) is 2. The van der Waals surface area contributed by atoms with Crippen LogP contribution in [0.3, 0.4) is 0 Å². The lowest BCUT2D eigenvalue weighted by Gasteiger charge is -2.20. The van der Waals surface area contributed by atoms with Crippen LogP contribution in [0.5, 0.6) is 0 Å². The van der Waals surface area contributed by atoms with Crippen LogP contribution >= 0.6 is 12.2 Å². The van der Waals surface area contributed by atoms with Crippen LogP contribution in [0.15, 0.2) is 30.4 Å². The fraction of sp³-hybridized carbons (Fsp3) is 0.286. The molecule has 18 heavy (non-hydrogen) atoms. The van der Waals surface area contributed by atoms with E-state index in [-0.39, 0.29) is 0 Å². The van der Waals surface area contributed by atoms with Gasteiger partial charge in [0.15, 0.2) is 4.77 Å². The van der Waals surface area contributed by atoms with Gasteiger partial charge in [0.25, 0.3) is 0 Å². The van der Waals surface area contributed by atoms with Crippen molar-refractivity contribution in [2.75, 3.05) is 0 Å². The van der Waals surface area contributed by atoms with Crippen molar-refractivity contribution in [1.82, 2.24) is 9.55 Å². The van der Waals surface area contributed by atoms with Gasteiger partial charge in [0.2, 0.25) is 0 Å². The van der Waals surface area contributed by atoms with Crippen molar-refractivity contribution in [3.63, 3.8) is 0 Å². The maximum absolute atomic E-state index is 9.12. The average Bonchev–Trinajstić information content (AvgIpc) is 2.75. The van der Waals surface area contributed by atoms with E-state index in [4.69, 9.17) is 17.5 Å². The molecule has 0 fully saturated rings. The van der Waals surface area contributed by atoms with Crippen molar-refractivity contribution in [3.8, 4) is 6.07 Å². The molecule has 4 heteroatoms. The van der Waals surface area contributed by atoms with E-state index in [1.807, 2.05) is 18.2 Å². The number of aromatic amines is 1. The van der Waals surface area contributed by atoms with E-state index in [0.29, 0.717) is 16.4 Å². The van der Waals surface area contributed by atoms with Gasteiger partial charge in [-0.3, -0.25) is 0 Å². The molecule has 3 nitrogen and oxygen atoms in total. The first-order valence-corrected chi connectivity index (χ1v) is 6.50. The lowest BCUT2D eigenvalue weighted by Crippen LogP contribution is -2.10. The second-order valence-electron chi connectivity index (χ2n) is 4.55. The molecular formula is C14H13N3S. The van der Waals surface area contributed by atoms with Crippen molar-refractivity contribution < 1.29 is 0 Å². The van der Waals surface area contributed by atoms with Crippen molar-refractivity contribution >= 4 is 23.3 Å². The van der Waals surface area contributed by atoms with Gasteiger partial charge in [0.05, 0.1) is 16.6 Å². The standard InChI is InChI=1S/C14H13N3S/c15-9-10-5-4-8-12-13(10)16-14(18)17(12)11-6-2-1-3-7-11/h1-2,4-5,8,11H,3,6-7H2,(H,16,18). The minimum atomic E-state index is 0.408. The van der Waals surface area contributed by atoms with Crippen molar-refractivity contribution in [3.05, 3.63) is 40.7 Å². The molecule has 90 valence electrons. The average molecular weight is 255 g/mol. The summed E-state index contributed by atoms with van der Waals surface area (Å²) >= 11 is 5.42. The fourth-order valence-corrected chi connectivity index (χ4v) is 2.97. The first-order chi connectivity index (χ1) is 8.81. The predicted octanol–water partition coefficient (Wildman–Crippen LogP) is 3.85. The summed E-state index contributed by atoms with van der Waals surface area (Å²) in [6.45, 7) is 0. The highest BCUT2D eigenvalue weighted by Gasteiger charge is 2.17. The topological polar surface area (TPSA) is 44.5 Å². The minimum absolute atomic E-state index is 0.408. The highest BCUT2D eigenvalue weighted by atomic mass is 32.1. The quantitative estimate of drug-likeness (QED) is 0.621. The van der Waals surface area contributed by atoms with Gasteiger partial charge in [-0.25, -0.2) is 0 Å². The molecule has 0 saturated carbocycles. The van der Waals surface area contributed by atoms with Crippen LogP contribution in [0, 0.1) is 16.1 Å². The number of benzene rings is 1. The summed E-state index contributed by atoms with van der Waals surface area (Å²) in [5.74, 6) is 0. The van der Waals surface area contributed by atoms with E-state index < -0.39 is 0 Å². The molecule has 0 amide bonds. The fourth-order valence-electron chi connectivity index (χ4n) is 2.62. The molecule has 0 aliphatic heterocycles. The van der Waals surface area contributed by atoms with E-state index in [1.165, 1.54) is 0 Å². The Morgan fingerprint density at radius 2 is 2.28 bits per heavy atom. The van der Waals surface area contributed by atoms with E-state index >= 15 is 0 Å². The zero-order chi connectivity index (χ0) is 12.5. The molecule has 1 atom stereocenters. The summed E-state index contributed by atoms with van der Waals surface area (Å²) in [6.07, 6.45) is 7.64. The summed E-state index contributed by atoms with van der Waals surface area (Å²) in [7, 11) is 0. The third-order valence-corrected chi connectivity index (χ3v) is 3.78. The molecule has 0 radical (unpaired) electrons. The third kappa shape index (κ3) is 1.68. The Bertz CT molecular complexity index is 715. The largest absolute Gasteiger partial charge is 0.329 e. The molecule has 1 aromatic heterocycles. The summed E-state index contributed by atoms with van der Waals surface area (Å²) in [5, 5.41) is 9.12. The summed E-state index contributed by atoms with van der Waals surface area (Å²) < 4.78 is 2.88. The SMILES string of the molecule is N#Cc1cccc2c1[nH]c(=S)n2C1CC=CCC1. The van der Waals surface area contributed by atoms with Gasteiger partial charge in [-0.05, 0) is 43.6 Å². The lowest BCUT2D eigenvalue weighted by atomic mass is 10.0. The maximum atomic E-state index is 9.12. The Labute approximate surface area is 110 Å². The summed E-state index contributed by atoms with van der Waals surface area (Å²) in [6, 6.07) is 8.38. The summed E-state index contributed by atoms with van der Waals surface area (Å²) in [5.41, 5.74) is 2.56. The Morgan fingerprint density at radius 3 is 3.00 bits per heavy atom. The molecule has 1 aliphatic rings. The Balaban J connectivity index is 2.24. The van der Waals surface area contributed by atoms with Crippen LogP contribution in [-0.2, 0) is 0 Å². The number of fused-ring (bicyclic) bond motifs is 1. The number of H-pyrrole nitrogens is 1. The first-order valence-electron chi connectivity index (χ1n) is 6.09. The summed E-state index contributed by atoms with van der Waals surface area (Å²) in [4.78, 5) is 3.18. The molecule has 3 rings (SSSR count). The predicted molar refractivity (Wildman–Crippen MR) is 73.9 cm³/mol. The molecule has 0 saturated heterocycles. The molecule has 0 spiro atoms. The number of allylic oxidation sites excluding steroid dienone is 2. The maximum Gasteiger partial charge on any atom is 0.178 e. The number of hydrogen-bond acceptors (Lipinski definition) is 2. The van der Waals surface area contributed by atoms with Crippen LogP contribution in [0.2, 0.25) is 0 Å². The van der Waals surface area contributed by atoms with Crippen LogP contribution < -0.4 is 0 Å². The molecule has 1 aliphatic carbocycles. The van der Waals surface area contributed by atoms with Crippen molar-refractivity contribution in [2.24, 2.45) is 0 Å². The van der Waals surface area contributed by atoms with Gasteiger partial charge in [0.1, 0.15) is 6.07 Å². The van der Waals surface area contributed by atoms with Crippen LogP contribution in [0.4, 0.5) is 0 Å². The smallest absolute Gasteiger partial charge is 0.178 e. The number of nitriles is 1. The van der Waals surface area contributed by atoms with E-state index in [2.05, 4.69) is 27.8 Å². The van der Waals surface area contributed by atoms with Gasteiger partial charge in [-0.15, -0.1) is 0 Å². The number of hydrogen-bond donors (Lipinski definition) is 1. The zero-order valence-corrected chi connectivity index (χ0v) is 10.7. The highest BCUT2D eigenvalue weighted by molar-refractivity contribution is 7.71. The van der Waals surface area contributed by atoms with Gasteiger partial charge in [-0.1, -0.05) is 18.2 Å². The van der Waals surface area contributed by atoms with Gasteiger partial charge in [-0.2, -0.15) is 5.26 Å². The Kier molecular flexibility index (Phi) is 2.77. The second kappa shape index (κ2) is 4.43. The number of para-hydroxylation sites is 1. The van der Waals surface area contributed by atoms with Gasteiger partial charge < -0.3 is 9.55 Å². The molecule has 1 heterocycles. The number of imidazole rings is 1. The van der Waals surface area contributed by atoms with Crippen LogP contribution in [0.25, 0.3) is 11.0 Å². The molecule has 0 bridgehead atoms. The van der Waals surface area contributed by atoms with E-state index in [1.54, 1.807) is 0 Å². The van der Waals surface area contributed by atoms with E-state index in [0.717, 1.165) is 30.3 Å². The molecular weight excluding hydrogens is 242 g/mol. The molecule has 1 unspecified atom stereocenters. The van der Waals surface area contributed by atoms with E-state index in [9.17, 15) is 0 Å². The normalized spacial score (nSPS) is 18.9. The molecule has 2 aromatic rings. The minimum Gasteiger partial charge on any atom is -0.329 e. The monoisotopic (exact) mass is 255 g/mol. The number of aromatic nitrogens is 2. The van der Waals surface area contributed by atoms with Crippen LogP contribution in [-0.4, -0.2) is 9.55 Å².